The van der Waals surface area contributed by atoms with Crippen LogP contribution in [-0.4, -0.2) is 24.4 Å². The molecule has 0 bridgehead atoms. The first-order valence-corrected chi connectivity index (χ1v) is 9.36. The third-order valence-corrected chi connectivity index (χ3v) is 4.35. The quantitative estimate of drug-likeness (QED) is 0.644. The van der Waals surface area contributed by atoms with E-state index < -0.39 is 6.10 Å². The van der Waals surface area contributed by atoms with E-state index in [1.54, 1.807) is 0 Å². The highest BCUT2D eigenvalue weighted by Crippen LogP contribution is 2.34. The third-order valence-electron chi connectivity index (χ3n) is 3.61. The van der Waals surface area contributed by atoms with Crippen molar-refractivity contribution in [3.8, 4) is 11.5 Å². The van der Waals surface area contributed by atoms with Gasteiger partial charge in [-0.05, 0) is 44.0 Å². The maximum absolute atomic E-state index is 10.2. The number of aliphatic hydroxyl groups is 1. The smallest absolute Gasteiger partial charge is 0.162 e. The summed E-state index contributed by atoms with van der Waals surface area (Å²) in [5.74, 6) is 1.47. The Morgan fingerprint density at radius 3 is 2.48 bits per heavy atom. The SMILES string of the molecule is CCOc1cc(CNCC(O)c2ccccc2)c(Br)cc1OC(C)C. The Bertz CT molecular complexity index is 661. The molecule has 0 fully saturated rings. The molecule has 2 N–H and O–H groups in total. The lowest BCUT2D eigenvalue weighted by Crippen LogP contribution is -2.21. The van der Waals surface area contributed by atoms with E-state index in [1.165, 1.54) is 0 Å². The molecule has 0 heterocycles. The summed E-state index contributed by atoms with van der Waals surface area (Å²) < 4.78 is 12.5. The molecule has 2 aromatic rings. The summed E-state index contributed by atoms with van der Waals surface area (Å²) in [7, 11) is 0. The molecular formula is C20H26BrNO3. The number of ether oxygens (including phenoxy) is 2. The number of hydrogen-bond donors (Lipinski definition) is 2. The van der Waals surface area contributed by atoms with Gasteiger partial charge in [0.15, 0.2) is 11.5 Å². The maximum atomic E-state index is 10.2. The molecule has 0 radical (unpaired) electrons. The maximum Gasteiger partial charge on any atom is 0.162 e. The fourth-order valence-corrected chi connectivity index (χ4v) is 2.93. The molecule has 136 valence electrons. The van der Waals surface area contributed by atoms with E-state index in [0.29, 0.717) is 19.7 Å². The van der Waals surface area contributed by atoms with Crippen LogP contribution in [0.5, 0.6) is 11.5 Å². The van der Waals surface area contributed by atoms with Crippen LogP contribution in [0.2, 0.25) is 0 Å². The van der Waals surface area contributed by atoms with Gasteiger partial charge >= 0.3 is 0 Å². The number of benzene rings is 2. The van der Waals surface area contributed by atoms with Crippen molar-refractivity contribution < 1.29 is 14.6 Å². The Morgan fingerprint density at radius 1 is 1.12 bits per heavy atom. The van der Waals surface area contributed by atoms with Crippen molar-refractivity contribution in [3.05, 3.63) is 58.1 Å². The molecule has 2 rings (SSSR count). The molecule has 0 aliphatic heterocycles. The zero-order valence-electron chi connectivity index (χ0n) is 15.0. The van der Waals surface area contributed by atoms with Crippen LogP contribution in [0.1, 0.15) is 38.0 Å². The molecule has 2 aromatic carbocycles. The van der Waals surface area contributed by atoms with Crippen molar-refractivity contribution >= 4 is 15.9 Å². The van der Waals surface area contributed by atoms with Gasteiger partial charge in [-0.25, -0.2) is 0 Å². The van der Waals surface area contributed by atoms with Crippen LogP contribution in [0.25, 0.3) is 0 Å². The Balaban J connectivity index is 2.02. The molecule has 0 aliphatic rings. The van der Waals surface area contributed by atoms with Crippen LogP contribution in [0, 0.1) is 0 Å². The fourth-order valence-electron chi connectivity index (χ4n) is 2.46. The molecule has 0 saturated carbocycles. The summed E-state index contributed by atoms with van der Waals surface area (Å²) in [6.07, 6.45) is -0.453. The topological polar surface area (TPSA) is 50.7 Å². The van der Waals surface area contributed by atoms with Gasteiger partial charge in [-0.15, -0.1) is 0 Å². The summed E-state index contributed by atoms with van der Waals surface area (Å²) in [5.41, 5.74) is 1.96. The zero-order valence-corrected chi connectivity index (χ0v) is 16.5. The molecule has 0 aromatic heterocycles. The Kier molecular flexibility index (Phi) is 7.75. The van der Waals surface area contributed by atoms with Crippen molar-refractivity contribution in [3.63, 3.8) is 0 Å². The predicted octanol–water partition coefficient (Wildman–Crippen LogP) is 4.46. The Labute approximate surface area is 158 Å². The van der Waals surface area contributed by atoms with Gasteiger partial charge in [0.05, 0.1) is 18.8 Å². The van der Waals surface area contributed by atoms with Gasteiger partial charge in [-0.1, -0.05) is 46.3 Å². The first kappa shape index (κ1) is 19.8. The summed E-state index contributed by atoms with van der Waals surface area (Å²) in [4.78, 5) is 0. The standard InChI is InChI=1S/C20H26BrNO3/c1-4-24-19-10-16(17(21)11-20(19)25-14(2)3)12-22-13-18(23)15-8-6-5-7-9-15/h5-11,14,18,22-23H,4,12-13H2,1-3H3. The van der Waals surface area contributed by atoms with Crippen molar-refractivity contribution in [2.45, 2.75) is 39.5 Å². The summed E-state index contributed by atoms with van der Waals surface area (Å²) in [6, 6.07) is 13.6. The van der Waals surface area contributed by atoms with Crippen LogP contribution in [-0.2, 0) is 6.54 Å². The average Bonchev–Trinajstić information content (AvgIpc) is 2.59. The predicted molar refractivity (Wildman–Crippen MR) is 104 cm³/mol. The van der Waals surface area contributed by atoms with Gasteiger partial charge in [0.2, 0.25) is 0 Å². The Morgan fingerprint density at radius 2 is 1.84 bits per heavy atom. The number of hydrogen-bond acceptors (Lipinski definition) is 4. The fraction of sp³-hybridized carbons (Fsp3) is 0.400. The highest BCUT2D eigenvalue weighted by Gasteiger charge is 2.13. The number of rotatable bonds is 9. The minimum absolute atomic E-state index is 0.0797. The first-order valence-electron chi connectivity index (χ1n) is 8.56. The van der Waals surface area contributed by atoms with E-state index in [1.807, 2.05) is 63.2 Å². The van der Waals surface area contributed by atoms with E-state index >= 15 is 0 Å². The highest BCUT2D eigenvalue weighted by atomic mass is 79.9. The summed E-state index contributed by atoms with van der Waals surface area (Å²) in [6.45, 7) is 7.61. The van der Waals surface area contributed by atoms with Gasteiger partial charge in [0.1, 0.15) is 0 Å². The van der Waals surface area contributed by atoms with Crippen LogP contribution in [0.3, 0.4) is 0 Å². The number of halogens is 1. The van der Waals surface area contributed by atoms with Crippen LogP contribution < -0.4 is 14.8 Å². The van der Waals surface area contributed by atoms with Crippen molar-refractivity contribution in [2.24, 2.45) is 0 Å². The van der Waals surface area contributed by atoms with E-state index in [2.05, 4.69) is 21.2 Å². The highest BCUT2D eigenvalue weighted by molar-refractivity contribution is 9.10. The molecular weight excluding hydrogens is 382 g/mol. The van der Waals surface area contributed by atoms with Gasteiger partial charge in [0.25, 0.3) is 0 Å². The molecule has 0 spiro atoms. The van der Waals surface area contributed by atoms with Gasteiger partial charge in [0, 0.05) is 17.6 Å². The van der Waals surface area contributed by atoms with Crippen molar-refractivity contribution in [1.29, 1.82) is 0 Å². The summed E-state index contributed by atoms with van der Waals surface area (Å²) >= 11 is 3.60. The monoisotopic (exact) mass is 407 g/mol. The summed E-state index contributed by atoms with van der Waals surface area (Å²) in [5, 5.41) is 13.5. The van der Waals surface area contributed by atoms with Gasteiger partial charge in [-0.3, -0.25) is 0 Å². The second-order valence-electron chi connectivity index (χ2n) is 6.05. The normalized spacial score (nSPS) is 12.2. The lowest BCUT2D eigenvalue weighted by molar-refractivity contribution is 0.174. The largest absolute Gasteiger partial charge is 0.490 e. The number of aliphatic hydroxyl groups excluding tert-OH is 1. The average molecular weight is 408 g/mol. The minimum Gasteiger partial charge on any atom is -0.490 e. The second-order valence-corrected chi connectivity index (χ2v) is 6.90. The number of nitrogens with one attached hydrogen (secondary N) is 1. The van der Waals surface area contributed by atoms with E-state index in [9.17, 15) is 5.11 Å². The van der Waals surface area contributed by atoms with Gasteiger partial charge in [-0.2, -0.15) is 0 Å². The molecule has 0 saturated heterocycles. The molecule has 0 amide bonds. The van der Waals surface area contributed by atoms with E-state index in [0.717, 1.165) is 27.1 Å². The minimum atomic E-state index is -0.533. The van der Waals surface area contributed by atoms with E-state index in [-0.39, 0.29) is 6.10 Å². The molecule has 1 atom stereocenters. The van der Waals surface area contributed by atoms with E-state index in [4.69, 9.17) is 9.47 Å². The van der Waals surface area contributed by atoms with Crippen molar-refractivity contribution in [2.75, 3.05) is 13.2 Å². The second kappa shape index (κ2) is 9.80. The zero-order chi connectivity index (χ0) is 18.2. The van der Waals surface area contributed by atoms with Gasteiger partial charge < -0.3 is 19.9 Å². The lowest BCUT2D eigenvalue weighted by atomic mass is 10.1. The molecule has 0 aliphatic carbocycles. The first-order chi connectivity index (χ1) is 12.0. The molecule has 1 unspecified atom stereocenters. The lowest BCUT2D eigenvalue weighted by Gasteiger charge is -2.18. The third kappa shape index (κ3) is 6.03. The molecule has 5 heteroatoms. The van der Waals surface area contributed by atoms with Crippen LogP contribution >= 0.6 is 15.9 Å². The molecule has 4 nitrogen and oxygen atoms in total. The van der Waals surface area contributed by atoms with Crippen molar-refractivity contribution in [1.82, 2.24) is 5.32 Å². The van der Waals surface area contributed by atoms with Crippen LogP contribution in [0.15, 0.2) is 46.9 Å². The van der Waals surface area contributed by atoms with Crippen LogP contribution in [0.4, 0.5) is 0 Å². The molecule has 25 heavy (non-hydrogen) atoms. The Hall–Kier alpha value is -1.56.